The Morgan fingerprint density at radius 2 is 1.62 bits per heavy atom. The molecule has 0 fully saturated rings. The molecule has 2 aromatic rings. The number of hydrogen-bond acceptors (Lipinski definition) is 0. The zero-order valence-electron chi connectivity index (χ0n) is 11.9. The molecule has 0 aliphatic rings. The fourth-order valence-electron chi connectivity index (χ4n) is 2.56. The van der Waals surface area contributed by atoms with Crippen molar-refractivity contribution in [3.63, 3.8) is 0 Å². The second-order valence-corrected chi connectivity index (χ2v) is 6.85. The lowest BCUT2D eigenvalue weighted by atomic mass is 9.79. The van der Waals surface area contributed by atoms with Crippen molar-refractivity contribution in [1.82, 2.24) is 0 Å². The summed E-state index contributed by atoms with van der Waals surface area (Å²) in [6, 6.07) is 18.9. The molecule has 0 aromatic heterocycles. The van der Waals surface area contributed by atoms with E-state index in [-0.39, 0.29) is 5.41 Å². The smallest absolute Gasteiger partial charge is 0.0332 e. The van der Waals surface area contributed by atoms with Crippen LogP contribution in [0.2, 0.25) is 0 Å². The number of aryl methyl sites for hydroxylation is 1. The van der Waals surface area contributed by atoms with E-state index < -0.39 is 0 Å². The van der Waals surface area contributed by atoms with Gasteiger partial charge < -0.3 is 0 Å². The zero-order valence-corrected chi connectivity index (χ0v) is 15.0. The predicted molar refractivity (Wildman–Crippen MR) is 96.6 cm³/mol. The van der Waals surface area contributed by atoms with E-state index in [9.17, 15) is 0 Å². The van der Waals surface area contributed by atoms with Crippen LogP contribution in [0, 0.1) is 0 Å². The van der Waals surface area contributed by atoms with Crippen LogP contribution in [-0.4, -0.2) is 11.8 Å². The molecular formula is C18H19BrCl2. The molecular weight excluding hydrogens is 367 g/mol. The Bertz CT molecular complexity index is 550. The molecule has 0 atom stereocenters. The molecule has 0 aliphatic heterocycles. The Morgan fingerprint density at radius 3 is 2.24 bits per heavy atom. The van der Waals surface area contributed by atoms with Crippen LogP contribution in [0.4, 0.5) is 0 Å². The van der Waals surface area contributed by atoms with Crippen LogP contribution in [0.3, 0.4) is 0 Å². The van der Waals surface area contributed by atoms with E-state index in [1.165, 1.54) is 11.1 Å². The third-order valence-corrected chi connectivity index (χ3v) is 5.43. The van der Waals surface area contributed by atoms with Crippen LogP contribution in [-0.2, 0) is 11.8 Å². The van der Waals surface area contributed by atoms with Crippen LogP contribution in [0.1, 0.15) is 24.0 Å². The molecule has 0 bridgehead atoms. The number of rotatable bonds is 7. The van der Waals surface area contributed by atoms with E-state index in [1.807, 2.05) is 18.2 Å². The number of benzene rings is 2. The zero-order chi connectivity index (χ0) is 15.1. The van der Waals surface area contributed by atoms with Crippen molar-refractivity contribution >= 4 is 39.1 Å². The molecule has 0 heterocycles. The lowest BCUT2D eigenvalue weighted by molar-refractivity contribution is 0.472. The Morgan fingerprint density at radius 1 is 0.905 bits per heavy atom. The summed E-state index contributed by atoms with van der Waals surface area (Å²) in [5, 5.41) is 0. The second kappa shape index (κ2) is 8.22. The summed E-state index contributed by atoms with van der Waals surface area (Å²) in [6.07, 6.45) is 3.13. The highest BCUT2D eigenvalue weighted by Gasteiger charge is 2.30. The third-order valence-electron chi connectivity index (χ3n) is 3.91. The summed E-state index contributed by atoms with van der Waals surface area (Å²) in [5.41, 5.74) is 2.43. The molecule has 2 rings (SSSR count). The van der Waals surface area contributed by atoms with Gasteiger partial charge in [0.1, 0.15) is 0 Å². The van der Waals surface area contributed by atoms with Gasteiger partial charge in [-0.3, -0.25) is 0 Å². The van der Waals surface area contributed by atoms with E-state index in [0.717, 1.165) is 23.7 Å². The highest BCUT2D eigenvalue weighted by Crippen LogP contribution is 2.34. The van der Waals surface area contributed by atoms with Gasteiger partial charge in [0.25, 0.3) is 0 Å². The van der Waals surface area contributed by atoms with Gasteiger partial charge in [-0.05, 0) is 42.5 Å². The predicted octanol–water partition coefficient (Wildman–Crippen LogP) is 6.19. The van der Waals surface area contributed by atoms with Gasteiger partial charge in [0.05, 0.1) is 0 Å². The molecule has 112 valence electrons. The third kappa shape index (κ3) is 4.48. The minimum absolute atomic E-state index is 0.151. The summed E-state index contributed by atoms with van der Waals surface area (Å²) in [6.45, 7) is 0. The van der Waals surface area contributed by atoms with E-state index in [1.54, 1.807) is 0 Å². The molecule has 21 heavy (non-hydrogen) atoms. The Balaban J connectivity index is 2.08. The molecule has 0 N–H and O–H groups in total. The van der Waals surface area contributed by atoms with Gasteiger partial charge in [0.15, 0.2) is 0 Å². The highest BCUT2D eigenvalue weighted by molar-refractivity contribution is 9.10. The maximum absolute atomic E-state index is 6.29. The Hall–Kier alpha value is -0.500. The fourth-order valence-corrected chi connectivity index (χ4v) is 3.82. The lowest BCUT2D eigenvalue weighted by Gasteiger charge is -2.30. The quantitative estimate of drug-likeness (QED) is 0.498. The first kappa shape index (κ1) is 16.9. The van der Waals surface area contributed by atoms with Crippen molar-refractivity contribution in [3.05, 3.63) is 70.2 Å². The molecule has 0 saturated heterocycles. The Kier molecular flexibility index (Phi) is 6.60. The van der Waals surface area contributed by atoms with E-state index >= 15 is 0 Å². The average Bonchev–Trinajstić information content (AvgIpc) is 2.53. The summed E-state index contributed by atoms with van der Waals surface area (Å²) >= 11 is 16.1. The molecule has 0 nitrogen and oxygen atoms in total. The van der Waals surface area contributed by atoms with Crippen LogP contribution in [0.15, 0.2) is 59.1 Å². The lowest BCUT2D eigenvalue weighted by Crippen LogP contribution is -2.30. The van der Waals surface area contributed by atoms with Gasteiger partial charge in [0.2, 0.25) is 0 Å². The largest absolute Gasteiger partial charge is 0.126 e. The summed E-state index contributed by atoms with van der Waals surface area (Å²) in [4.78, 5) is 0. The maximum atomic E-state index is 6.29. The van der Waals surface area contributed by atoms with Crippen molar-refractivity contribution in [2.75, 3.05) is 11.8 Å². The van der Waals surface area contributed by atoms with Crippen molar-refractivity contribution in [2.24, 2.45) is 0 Å². The fraction of sp³-hybridized carbons (Fsp3) is 0.333. The summed E-state index contributed by atoms with van der Waals surface area (Å²) in [7, 11) is 0. The Labute approximate surface area is 145 Å². The standard InChI is InChI=1S/C18H19BrCl2/c19-17-10-4-9-16(12-17)18(13-20,14-21)11-5-8-15-6-2-1-3-7-15/h1-4,6-7,9-10,12H,5,8,11,13-14H2. The molecule has 0 amide bonds. The second-order valence-electron chi connectivity index (χ2n) is 5.40. The van der Waals surface area contributed by atoms with Gasteiger partial charge in [-0.2, -0.15) is 0 Å². The molecule has 3 heteroatoms. The van der Waals surface area contributed by atoms with Crippen LogP contribution >= 0.6 is 39.1 Å². The van der Waals surface area contributed by atoms with E-state index in [0.29, 0.717) is 11.8 Å². The molecule has 0 radical (unpaired) electrons. The SMILES string of the molecule is ClCC(CCl)(CCCc1ccccc1)c1cccc(Br)c1. The molecule has 0 saturated carbocycles. The minimum Gasteiger partial charge on any atom is -0.126 e. The van der Waals surface area contributed by atoms with Gasteiger partial charge in [-0.25, -0.2) is 0 Å². The number of hydrogen-bond donors (Lipinski definition) is 0. The maximum Gasteiger partial charge on any atom is 0.0332 e. The summed E-state index contributed by atoms with van der Waals surface area (Å²) < 4.78 is 1.07. The van der Waals surface area contributed by atoms with Gasteiger partial charge in [0, 0.05) is 21.6 Å². The molecule has 2 aromatic carbocycles. The van der Waals surface area contributed by atoms with Gasteiger partial charge in [-0.15, -0.1) is 23.2 Å². The van der Waals surface area contributed by atoms with E-state index in [2.05, 4.69) is 52.3 Å². The normalized spacial score (nSPS) is 11.6. The summed E-state index contributed by atoms with van der Waals surface area (Å²) in [5.74, 6) is 1.09. The van der Waals surface area contributed by atoms with Crippen molar-refractivity contribution in [1.29, 1.82) is 0 Å². The van der Waals surface area contributed by atoms with Gasteiger partial charge in [-0.1, -0.05) is 58.4 Å². The first-order valence-electron chi connectivity index (χ1n) is 7.12. The first-order valence-corrected chi connectivity index (χ1v) is 8.98. The molecule has 0 spiro atoms. The van der Waals surface area contributed by atoms with Crippen molar-refractivity contribution < 1.29 is 0 Å². The van der Waals surface area contributed by atoms with Crippen molar-refractivity contribution in [3.8, 4) is 0 Å². The first-order chi connectivity index (χ1) is 10.2. The monoisotopic (exact) mass is 384 g/mol. The van der Waals surface area contributed by atoms with Crippen molar-refractivity contribution in [2.45, 2.75) is 24.7 Å². The molecule has 0 aliphatic carbocycles. The number of alkyl halides is 2. The number of halogens is 3. The average molecular weight is 386 g/mol. The van der Waals surface area contributed by atoms with Crippen LogP contribution < -0.4 is 0 Å². The topological polar surface area (TPSA) is 0 Å². The minimum atomic E-state index is -0.151. The van der Waals surface area contributed by atoms with Gasteiger partial charge >= 0.3 is 0 Å². The highest BCUT2D eigenvalue weighted by atomic mass is 79.9. The van der Waals surface area contributed by atoms with E-state index in [4.69, 9.17) is 23.2 Å². The molecule has 0 unspecified atom stereocenters. The van der Waals surface area contributed by atoms with Crippen LogP contribution in [0.5, 0.6) is 0 Å². The van der Waals surface area contributed by atoms with Crippen LogP contribution in [0.25, 0.3) is 0 Å².